The topological polar surface area (TPSA) is 38.3 Å². The van der Waals surface area contributed by atoms with Crippen LogP contribution >= 0.6 is 0 Å². The quantitative estimate of drug-likeness (QED) is 0.764. The van der Waals surface area contributed by atoms with Gasteiger partial charge in [-0.1, -0.05) is 20.8 Å². The molecule has 0 saturated carbocycles. The molecule has 0 aromatic heterocycles. The summed E-state index contributed by atoms with van der Waals surface area (Å²) in [5, 5.41) is 2.61. The van der Waals surface area contributed by atoms with Gasteiger partial charge in [-0.05, 0) is 25.7 Å². The van der Waals surface area contributed by atoms with Crippen molar-refractivity contribution in [3.63, 3.8) is 0 Å². The molecule has 0 spiro atoms. The highest BCUT2D eigenvalue weighted by atomic mass is 16.5. The van der Waals surface area contributed by atoms with Gasteiger partial charge in [0.05, 0.1) is 12.0 Å². The Balaban J connectivity index is 3.89. The van der Waals surface area contributed by atoms with E-state index in [0.29, 0.717) is 13.0 Å². The van der Waals surface area contributed by atoms with Crippen LogP contribution in [0.3, 0.4) is 0 Å². The van der Waals surface area contributed by atoms with Crippen LogP contribution in [0.2, 0.25) is 0 Å². The van der Waals surface area contributed by atoms with Gasteiger partial charge >= 0.3 is 0 Å². The lowest BCUT2D eigenvalue weighted by molar-refractivity contribution is -0.127. The zero-order valence-electron chi connectivity index (χ0n) is 10.9. The number of amides is 1. The van der Waals surface area contributed by atoms with Crippen LogP contribution in [-0.4, -0.2) is 25.2 Å². The maximum absolute atomic E-state index is 11.2. The third-order valence-corrected chi connectivity index (χ3v) is 2.21. The molecule has 0 aliphatic heterocycles. The number of rotatable bonds is 5. The van der Waals surface area contributed by atoms with E-state index in [9.17, 15) is 4.79 Å². The van der Waals surface area contributed by atoms with Crippen molar-refractivity contribution in [2.24, 2.45) is 5.41 Å². The Morgan fingerprint density at radius 3 is 2.13 bits per heavy atom. The number of hydrogen-bond acceptors (Lipinski definition) is 2. The molecule has 0 aliphatic rings. The van der Waals surface area contributed by atoms with Gasteiger partial charge in [-0.15, -0.1) is 0 Å². The SMILES string of the molecule is CNC(=O)CC(C)(C)OCCC(C)(C)C. The number of ether oxygens (including phenoxy) is 1. The normalized spacial score (nSPS) is 12.7. The first-order valence-corrected chi connectivity index (χ1v) is 5.51. The molecule has 1 N–H and O–H groups in total. The van der Waals surface area contributed by atoms with Crippen LogP contribution in [0.15, 0.2) is 0 Å². The van der Waals surface area contributed by atoms with Gasteiger partial charge in [0.15, 0.2) is 0 Å². The Hall–Kier alpha value is -0.570. The highest BCUT2D eigenvalue weighted by Crippen LogP contribution is 2.21. The average molecular weight is 215 g/mol. The summed E-state index contributed by atoms with van der Waals surface area (Å²) in [7, 11) is 1.65. The molecule has 3 nitrogen and oxygen atoms in total. The van der Waals surface area contributed by atoms with Crippen molar-refractivity contribution in [3.8, 4) is 0 Å². The predicted molar refractivity (Wildman–Crippen MR) is 62.8 cm³/mol. The fourth-order valence-electron chi connectivity index (χ4n) is 1.16. The van der Waals surface area contributed by atoms with E-state index in [1.165, 1.54) is 0 Å². The maximum atomic E-state index is 11.2. The average Bonchev–Trinajstić information content (AvgIpc) is 2.00. The minimum Gasteiger partial charge on any atom is -0.375 e. The van der Waals surface area contributed by atoms with Crippen molar-refractivity contribution >= 4 is 5.91 Å². The summed E-state index contributed by atoms with van der Waals surface area (Å²) in [6.45, 7) is 11.1. The minimum atomic E-state index is -0.370. The first-order chi connectivity index (χ1) is 6.66. The Kier molecular flexibility index (Phi) is 5.29. The van der Waals surface area contributed by atoms with Gasteiger partial charge in [0.2, 0.25) is 5.91 Å². The third-order valence-electron chi connectivity index (χ3n) is 2.21. The van der Waals surface area contributed by atoms with Gasteiger partial charge in [-0.3, -0.25) is 4.79 Å². The van der Waals surface area contributed by atoms with Gasteiger partial charge in [0, 0.05) is 13.7 Å². The Bertz CT molecular complexity index is 204. The van der Waals surface area contributed by atoms with Crippen LogP contribution < -0.4 is 5.32 Å². The van der Waals surface area contributed by atoms with Crippen LogP contribution in [-0.2, 0) is 9.53 Å². The minimum absolute atomic E-state index is 0.0239. The van der Waals surface area contributed by atoms with Crippen LogP contribution in [0, 0.1) is 5.41 Å². The van der Waals surface area contributed by atoms with Gasteiger partial charge in [0.25, 0.3) is 0 Å². The van der Waals surface area contributed by atoms with E-state index in [0.717, 1.165) is 6.42 Å². The molecule has 0 aliphatic carbocycles. The molecular weight excluding hydrogens is 190 g/mol. The summed E-state index contributed by atoms with van der Waals surface area (Å²) >= 11 is 0. The first kappa shape index (κ1) is 14.4. The Labute approximate surface area is 93.6 Å². The van der Waals surface area contributed by atoms with Crippen molar-refractivity contribution in [1.82, 2.24) is 5.32 Å². The van der Waals surface area contributed by atoms with E-state index in [4.69, 9.17) is 4.74 Å². The Morgan fingerprint density at radius 2 is 1.73 bits per heavy atom. The van der Waals surface area contributed by atoms with E-state index in [1.54, 1.807) is 7.05 Å². The van der Waals surface area contributed by atoms with Crippen LogP contribution in [0.1, 0.15) is 47.5 Å². The number of carbonyl (C=O) groups is 1. The molecule has 0 heterocycles. The van der Waals surface area contributed by atoms with Crippen molar-refractivity contribution in [1.29, 1.82) is 0 Å². The largest absolute Gasteiger partial charge is 0.375 e. The number of nitrogens with one attached hydrogen (secondary N) is 1. The molecule has 0 fully saturated rings. The molecule has 0 aromatic carbocycles. The molecule has 90 valence electrons. The Morgan fingerprint density at radius 1 is 1.20 bits per heavy atom. The second kappa shape index (κ2) is 5.50. The lowest BCUT2D eigenvalue weighted by Crippen LogP contribution is -2.33. The summed E-state index contributed by atoms with van der Waals surface area (Å²) in [5.41, 5.74) is -0.0889. The number of carbonyl (C=O) groups excluding carboxylic acids is 1. The monoisotopic (exact) mass is 215 g/mol. The summed E-state index contributed by atoms with van der Waals surface area (Å²) < 4.78 is 5.72. The van der Waals surface area contributed by atoms with Crippen molar-refractivity contribution in [2.75, 3.05) is 13.7 Å². The first-order valence-electron chi connectivity index (χ1n) is 5.51. The van der Waals surface area contributed by atoms with Crippen molar-refractivity contribution in [3.05, 3.63) is 0 Å². The molecule has 3 heteroatoms. The fraction of sp³-hybridized carbons (Fsp3) is 0.917. The highest BCUT2D eigenvalue weighted by Gasteiger charge is 2.22. The molecule has 0 rings (SSSR count). The van der Waals surface area contributed by atoms with Crippen LogP contribution in [0.25, 0.3) is 0 Å². The van der Waals surface area contributed by atoms with Gasteiger partial charge in [0.1, 0.15) is 0 Å². The molecule has 1 amide bonds. The zero-order valence-corrected chi connectivity index (χ0v) is 10.9. The van der Waals surface area contributed by atoms with Crippen LogP contribution in [0.5, 0.6) is 0 Å². The smallest absolute Gasteiger partial charge is 0.222 e. The zero-order chi connectivity index (χ0) is 12.1. The molecule has 0 unspecified atom stereocenters. The number of hydrogen-bond donors (Lipinski definition) is 1. The van der Waals surface area contributed by atoms with E-state index in [1.807, 2.05) is 13.8 Å². The molecule has 0 bridgehead atoms. The lowest BCUT2D eigenvalue weighted by Gasteiger charge is -2.27. The van der Waals surface area contributed by atoms with Gasteiger partial charge in [-0.25, -0.2) is 0 Å². The third kappa shape index (κ3) is 8.43. The molecule has 0 aromatic rings. The second-order valence-corrected chi connectivity index (χ2v) is 5.77. The van der Waals surface area contributed by atoms with E-state index in [2.05, 4.69) is 26.1 Å². The summed E-state index contributed by atoms with van der Waals surface area (Å²) in [4.78, 5) is 11.2. The van der Waals surface area contributed by atoms with Crippen molar-refractivity contribution in [2.45, 2.75) is 53.1 Å². The fourth-order valence-corrected chi connectivity index (χ4v) is 1.16. The van der Waals surface area contributed by atoms with Crippen molar-refractivity contribution < 1.29 is 9.53 Å². The standard InChI is InChI=1S/C12H25NO2/c1-11(2,3)7-8-15-12(4,5)9-10(14)13-6/h7-9H2,1-6H3,(H,13,14). The molecule has 0 radical (unpaired) electrons. The molecular formula is C12H25NO2. The maximum Gasteiger partial charge on any atom is 0.222 e. The van der Waals surface area contributed by atoms with E-state index < -0.39 is 0 Å². The molecule has 15 heavy (non-hydrogen) atoms. The summed E-state index contributed by atoms with van der Waals surface area (Å²) in [5.74, 6) is 0.0239. The second-order valence-electron chi connectivity index (χ2n) is 5.77. The predicted octanol–water partition coefficient (Wildman–Crippen LogP) is 2.35. The van der Waals surface area contributed by atoms with Gasteiger partial charge in [-0.2, -0.15) is 0 Å². The van der Waals surface area contributed by atoms with E-state index >= 15 is 0 Å². The molecule has 0 saturated heterocycles. The summed E-state index contributed by atoms with van der Waals surface area (Å²) in [6.07, 6.45) is 1.41. The lowest BCUT2D eigenvalue weighted by atomic mass is 9.93. The summed E-state index contributed by atoms with van der Waals surface area (Å²) in [6, 6.07) is 0. The van der Waals surface area contributed by atoms with Crippen LogP contribution in [0.4, 0.5) is 0 Å². The van der Waals surface area contributed by atoms with Gasteiger partial charge < -0.3 is 10.1 Å². The highest BCUT2D eigenvalue weighted by molar-refractivity contribution is 5.76. The molecule has 0 atom stereocenters. The van der Waals surface area contributed by atoms with E-state index in [-0.39, 0.29) is 16.9 Å².